The molecule has 4 aromatic rings. The van der Waals surface area contributed by atoms with E-state index >= 15 is 0 Å². The van der Waals surface area contributed by atoms with E-state index in [9.17, 15) is 0 Å². The molecule has 0 fully saturated rings. The van der Waals surface area contributed by atoms with E-state index in [1.54, 1.807) is 18.6 Å². The predicted molar refractivity (Wildman–Crippen MR) is 80.3 cm³/mol. The van der Waals surface area contributed by atoms with E-state index in [1.807, 2.05) is 36.4 Å². The zero-order valence-corrected chi connectivity index (χ0v) is 10.7. The van der Waals surface area contributed by atoms with Gasteiger partial charge in [-0.1, -0.05) is 36.4 Å². The summed E-state index contributed by atoms with van der Waals surface area (Å²) in [5, 5.41) is 2.21. The molecule has 2 aromatic carbocycles. The number of rotatable bonds is 1. The lowest BCUT2D eigenvalue weighted by Crippen LogP contribution is -1.91. The number of para-hydroxylation sites is 2. The van der Waals surface area contributed by atoms with Crippen molar-refractivity contribution in [1.29, 1.82) is 0 Å². The standard InChI is InChI=1S/C17H11N3/c1-3-7-14-12(5-1)17(16-11-18-9-10-19-16)13-6-2-4-8-15(13)20-14/h1-11H. The van der Waals surface area contributed by atoms with Crippen LogP contribution in [0.5, 0.6) is 0 Å². The van der Waals surface area contributed by atoms with Gasteiger partial charge in [-0.15, -0.1) is 0 Å². The Kier molecular flexibility index (Phi) is 2.42. The fourth-order valence-electron chi connectivity index (χ4n) is 2.54. The Hall–Kier alpha value is -2.81. The second-order valence-electron chi connectivity index (χ2n) is 4.61. The van der Waals surface area contributed by atoms with Crippen molar-refractivity contribution in [2.24, 2.45) is 0 Å². The zero-order chi connectivity index (χ0) is 13.4. The lowest BCUT2D eigenvalue weighted by molar-refractivity contribution is 1.21. The van der Waals surface area contributed by atoms with Crippen LogP contribution in [0.3, 0.4) is 0 Å². The van der Waals surface area contributed by atoms with Crippen LogP contribution < -0.4 is 0 Å². The molecule has 3 nitrogen and oxygen atoms in total. The fraction of sp³-hybridized carbons (Fsp3) is 0. The molecule has 4 rings (SSSR count). The van der Waals surface area contributed by atoms with E-state index in [4.69, 9.17) is 4.98 Å². The third kappa shape index (κ3) is 1.64. The number of aromatic nitrogens is 3. The lowest BCUT2D eigenvalue weighted by Gasteiger charge is -2.09. The minimum absolute atomic E-state index is 0.877. The molecule has 0 spiro atoms. The van der Waals surface area contributed by atoms with Crippen LogP contribution in [0.2, 0.25) is 0 Å². The minimum Gasteiger partial charge on any atom is -0.261 e. The number of pyridine rings is 1. The second kappa shape index (κ2) is 4.38. The molecule has 0 saturated heterocycles. The van der Waals surface area contributed by atoms with E-state index in [-0.39, 0.29) is 0 Å². The van der Waals surface area contributed by atoms with Crippen LogP contribution in [0.4, 0.5) is 0 Å². The minimum atomic E-state index is 0.877. The number of hydrogen-bond acceptors (Lipinski definition) is 3. The van der Waals surface area contributed by atoms with Crippen molar-refractivity contribution in [2.45, 2.75) is 0 Å². The highest BCUT2D eigenvalue weighted by Gasteiger charge is 2.11. The maximum Gasteiger partial charge on any atom is 0.0898 e. The van der Waals surface area contributed by atoms with Gasteiger partial charge < -0.3 is 0 Å². The monoisotopic (exact) mass is 257 g/mol. The zero-order valence-electron chi connectivity index (χ0n) is 10.7. The maximum atomic E-state index is 4.72. The van der Waals surface area contributed by atoms with Crippen LogP contribution in [0.15, 0.2) is 67.1 Å². The van der Waals surface area contributed by atoms with Gasteiger partial charge in [0, 0.05) is 28.7 Å². The summed E-state index contributed by atoms with van der Waals surface area (Å²) >= 11 is 0. The summed E-state index contributed by atoms with van der Waals surface area (Å²) < 4.78 is 0. The molecule has 0 atom stereocenters. The van der Waals surface area contributed by atoms with Crippen LogP contribution in [0, 0.1) is 0 Å². The molecule has 20 heavy (non-hydrogen) atoms. The normalized spacial score (nSPS) is 11.0. The van der Waals surface area contributed by atoms with Crippen LogP contribution in [0.1, 0.15) is 0 Å². The highest BCUT2D eigenvalue weighted by Crippen LogP contribution is 2.32. The Bertz CT molecular complexity index is 847. The first-order valence-electron chi connectivity index (χ1n) is 6.47. The van der Waals surface area contributed by atoms with Crippen molar-refractivity contribution in [3.8, 4) is 11.3 Å². The van der Waals surface area contributed by atoms with Crippen molar-refractivity contribution < 1.29 is 0 Å². The fourth-order valence-corrected chi connectivity index (χ4v) is 2.54. The third-order valence-electron chi connectivity index (χ3n) is 3.41. The molecule has 0 N–H and O–H groups in total. The molecule has 0 radical (unpaired) electrons. The van der Waals surface area contributed by atoms with Gasteiger partial charge >= 0.3 is 0 Å². The quantitative estimate of drug-likeness (QED) is 0.486. The van der Waals surface area contributed by atoms with Crippen molar-refractivity contribution in [3.63, 3.8) is 0 Å². The summed E-state index contributed by atoms with van der Waals surface area (Å²) in [6.45, 7) is 0. The SMILES string of the molecule is c1ccc2c(-c3cnccn3)c3ccccc3nc2c1. The van der Waals surface area contributed by atoms with Gasteiger partial charge in [0.1, 0.15) is 0 Å². The highest BCUT2D eigenvalue weighted by molar-refractivity contribution is 6.08. The van der Waals surface area contributed by atoms with Crippen molar-refractivity contribution in [1.82, 2.24) is 15.0 Å². The molecule has 0 aliphatic heterocycles. The third-order valence-corrected chi connectivity index (χ3v) is 3.41. The van der Waals surface area contributed by atoms with E-state index in [0.29, 0.717) is 0 Å². The average Bonchev–Trinajstić information content (AvgIpc) is 2.53. The number of benzene rings is 2. The Morgan fingerprint density at radius 1 is 0.700 bits per heavy atom. The summed E-state index contributed by atoms with van der Waals surface area (Å²) in [7, 11) is 0. The first-order chi connectivity index (χ1) is 9.93. The van der Waals surface area contributed by atoms with Crippen LogP contribution in [-0.4, -0.2) is 15.0 Å². The molecule has 2 aromatic heterocycles. The van der Waals surface area contributed by atoms with Gasteiger partial charge in [-0.3, -0.25) is 9.97 Å². The van der Waals surface area contributed by atoms with E-state index in [1.165, 1.54) is 0 Å². The summed E-state index contributed by atoms with van der Waals surface area (Å²) in [4.78, 5) is 13.4. The topological polar surface area (TPSA) is 38.7 Å². The highest BCUT2D eigenvalue weighted by atomic mass is 14.8. The largest absolute Gasteiger partial charge is 0.261 e. The van der Waals surface area contributed by atoms with Gasteiger partial charge in [-0.05, 0) is 12.1 Å². The van der Waals surface area contributed by atoms with Crippen molar-refractivity contribution >= 4 is 21.8 Å². The summed E-state index contributed by atoms with van der Waals surface area (Å²) in [5.74, 6) is 0. The first kappa shape index (κ1) is 11.1. The smallest absolute Gasteiger partial charge is 0.0898 e. The predicted octanol–water partition coefficient (Wildman–Crippen LogP) is 3.85. The van der Waals surface area contributed by atoms with Crippen LogP contribution >= 0.6 is 0 Å². The lowest BCUT2D eigenvalue weighted by atomic mass is 10.0. The molecule has 0 aliphatic rings. The maximum absolute atomic E-state index is 4.72. The van der Waals surface area contributed by atoms with Gasteiger partial charge in [0.25, 0.3) is 0 Å². The van der Waals surface area contributed by atoms with Crippen molar-refractivity contribution in [3.05, 3.63) is 67.1 Å². The molecule has 0 unspecified atom stereocenters. The van der Waals surface area contributed by atoms with Crippen LogP contribution in [-0.2, 0) is 0 Å². The Morgan fingerprint density at radius 3 is 1.95 bits per heavy atom. The van der Waals surface area contributed by atoms with E-state index in [0.717, 1.165) is 33.1 Å². The Morgan fingerprint density at radius 2 is 1.35 bits per heavy atom. The Labute approximate surface area is 116 Å². The molecule has 3 heteroatoms. The summed E-state index contributed by atoms with van der Waals surface area (Å²) in [5.41, 5.74) is 3.93. The van der Waals surface area contributed by atoms with Gasteiger partial charge in [-0.2, -0.15) is 0 Å². The molecule has 0 saturated carbocycles. The number of fused-ring (bicyclic) bond motifs is 2. The molecule has 94 valence electrons. The van der Waals surface area contributed by atoms with E-state index < -0.39 is 0 Å². The summed E-state index contributed by atoms with van der Waals surface area (Å²) in [6, 6.07) is 16.3. The van der Waals surface area contributed by atoms with Crippen LogP contribution in [0.25, 0.3) is 33.1 Å². The van der Waals surface area contributed by atoms with Crippen molar-refractivity contribution in [2.75, 3.05) is 0 Å². The number of hydrogen-bond donors (Lipinski definition) is 0. The second-order valence-corrected chi connectivity index (χ2v) is 4.61. The molecule has 2 heterocycles. The molecular formula is C17H11N3. The van der Waals surface area contributed by atoms with Gasteiger partial charge in [0.15, 0.2) is 0 Å². The van der Waals surface area contributed by atoms with Gasteiger partial charge in [0.05, 0.1) is 22.9 Å². The Balaban J connectivity index is 2.24. The molecule has 0 aliphatic carbocycles. The first-order valence-corrected chi connectivity index (χ1v) is 6.47. The molecule has 0 bridgehead atoms. The van der Waals surface area contributed by atoms with Gasteiger partial charge in [-0.25, -0.2) is 4.98 Å². The summed E-state index contributed by atoms with van der Waals surface area (Å²) in [6.07, 6.45) is 5.21. The van der Waals surface area contributed by atoms with E-state index in [2.05, 4.69) is 22.1 Å². The molecular weight excluding hydrogens is 246 g/mol. The molecule has 0 amide bonds. The van der Waals surface area contributed by atoms with Gasteiger partial charge in [0.2, 0.25) is 0 Å². The average molecular weight is 257 g/mol. The number of nitrogens with zero attached hydrogens (tertiary/aromatic N) is 3.